The van der Waals surface area contributed by atoms with Crippen molar-refractivity contribution in [1.82, 2.24) is 34.7 Å². The summed E-state index contributed by atoms with van der Waals surface area (Å²) in [5.41, 5.74) is 3.70. The smallest absolute Gasteiger partial charge is 0.405 e. The van der Waals surface area contributed by atoms with Gasteiger partial charge in [0.1, 0.15) is 24.9 Å². The summed E-state index contributed by atoms with van der Waals surface area (Å²) < 4.78 is 38.8. The standard InChI is InChI=1S/C29H27N7O11S/c37-24(20-13-22(46-16-18-7-3-1-4-8-18)23(14-30-20)47-17-19-9-5-2-6-10-19)32-35-11-12-36(27(40)26(35)39)48(44,45)33-28(41)34-15-21(25(34)38)31-29(42)43/h1-10,13-14,21,31H,11-12,15-17H2,(H,32,37)(H,33,41)(H,42,43)/t21-/m0/s1. The van der Waals surface area contributed by atoms with Crippen LogP contribution < -0.4 is 24.9 Å². The van der Waals surface area contributed by atoms with Gasteiger partial charge in [-0.2, -0.15) is 8.42 Å². The molecular weight excluding hydrogens is 654 g/mol. The normalized spacial score (nSPS) is 16.1. The molecule has 1 atom stereocenters. The first-order valence-electron chi connectivity index (χ1n) is 14.1. The van der Waals surface area contributed by atoms with Crippen LogP contribution in [0.5, 0.6) is 11.5 Å². The molecule has 2 saturated heterocycles. The number of β-lactam (4-membered cyclic amide) rings is 1. The molecule has 0 aliphatic carbocycles. The number of aromatic nitrogens is 1. The van der Waals surface area contributed by atoms with E-state index in [9.17, 15) is 37.2 Å². The fourth-order valence-corrected chi connectivity index (χ4v) is 5.52. The molecular formula is C29H27N7O11S. The molecule has 3 heterocycles. The molecule has 0 spiro atoms. The lowest BCUT2D eigenvalue weighted by Crippen LogP contribution is -2.68. The molecule has 1 aromatic heterocycles. The number of nitrogens with one attached hydrogen (secondary N) is 3. The van der Waals surface area contributed by atoms with Gasteiger partial charge in [0.2, 0.25) is 0 Å². The van der Waals surface area contributed by atoms with Crippen LogP contribution >= 0.6 is 0 Å². The minimum absolute atomic E-state index is 0.0692. The average Bonchev–Trinajstić information content (AvgIpc) is 3.07. The predicted octanol–water partition coefficient (Wildman–Crippen LogP) is -0.0120. The number of imide groups is 1. The van der Waals surface area contributed by atoms with Crippen LogP contribution in [0, 0.1) is 0 Å². The van der Waals surface area contributed by atoms with Crippen LogP contribution in [-0.2, 0) is 37.8 Å². The number of hydrogen-bond donors (Lipinski definition) is 4. The number of carboxylic acid groups (broad SMARTS) is 1. The summed E-state index contributed by atoms with van der Waals surface area (Å²) in [6.45, 7) is -1.33. The number of carbonyl (C=O) groups is 6. The van der Waals surface area contributed by atoms with E-state index in [1.54, 1.807) is 0 Å². The molecule has 18 nitrogen and oxygen atoms in total. The van der Waals surface area contributed by atoms with Gasteiger partial charge in [0.25, 0.3) is 11.8 Å². The van der Waals surface area contributed by atoms with Crippen LogP contribution in [0.4, 0.5) is 9.59 Å². The molecule has 250 valence electrons. The molecule has 3 aromatic rings. The Kier molecular flexibility index (Phi) is 9.69. The van der Waals surface area contributed by atoms with E-state index >= 15 is 0 Å². The number of hydrogen-bond acceptors (Lipinski definition) is 11. The van der Waals surface area contributed by atoms with Crippen molar-refractivity contribution in [3.8, 4) is 11.5 Å². The van der Waals surface area contributed by atoms with Crippen LogP contribution in [0.25, 0.3) is 0 Å². The number of benzene rings is 2. The Hall–Kier alpha value is -6.24. The predicted molar refractivity (Wildman–Crippen MR) is 161 cm³/mol. The lowest BCUT2D eigenvalue weighted by molar-refractivity contribution is -0.154. The number of hydrazine groups is 1. The summed E-state index contributed by atoms with van der Waals surface area (Å²) >= 11 is 0. The number of ether oxygens (including phenoxy) is 2. The topological polar surface area (TPSA) is 234 Å². The highest BCUT2D eigenvalue weighted by molar-refractivity contribution is 7.88. The maximum absolute atomic E-state index is 13.1. The zero-order valence-corrected chi connectivity index (χ0v) is 25.6. The largest absolute Gasteiger partial charge is 0.485 e. The monoisotopic (exact) mass is 681 g/mol. The van der Waals surface area contributed by atoms with Crippen molar-refractivity contribution < 1.29 is 51.8 Å². The number of pyridine rings is 1. The summed E-state index contributed by atoms with van der Waals surface area (Å²) in [6.07, 6.45) is -0.256. The van der Waals surface area contributed by atoms with E-state index < -0.39 is 71.6 Å². The highest BCUT2D eigenvalue weighted by Crippen LogP contribution is 2.29. The van der Waals surface area contributed by atoms with Gasteiger partial charge in [-0.05, 0) is 11.1 Å². The van der Waals surface area contributed by atoms with Gasteiger partial charge in [-0.1, -0.05) is 60.7 Å². The zero-order valence-electron chi connectivity index (χ0n) is 24.8. The maximum Gasteiger partial charge on any atom is 0.405 e. The molecule has 19 heteroatoms. The van der Waals surface area contributed by atoms with Crippen molar-refractivity contribution in [3.05, 3.63) is 89.7 Å². The van der Waals surface area contributed by atoms with E-state index in [1.807, 2.05) is 66.0 Å². The molecule has 0 radical (unpaired) electrons. The van der Waals surface area contributed by atoms with Crippen molar-refractivity contribution in [2.24, 2.45) is 0 Å². The Morgan fingerprint density at radius 2 is 1.48 bits per heavy atom. The third-order valence-electron chi connectivity index (χ3n) is 6.93. The minimum atomic E-state index is -4.97. The number of nitrogens with zero attached hydrogens (tertiary/aromatic N) is 4. The highest BCUT2D eigenvalue weighted by Gasteiger charge is 2.45. The quantitative estimate of drug-likeness (QED) is 0.155. The fraction of sp³-hybridized carbons (Fsp3) is 0.207. The molecule has 2 aliphatic heterocycles. The Morgan fingerprint density at radius 3 is 2.06 bits per heavy atom. The first-order chi connectivity index (χ1) is 22.9. The Balaban J connectivity index is 1.22. The second-order valence-corrected chi connectivity index (χ2v) is 11.8. The first kappa shape index (κ1) is 33.1. The van der Waals surface area contributed by atoms with Crippen molar-refractivity contribution in [2.45, 2.75) is 19.3 Å². The van der Waals surface area contributed by atoms with Gasteiger partial charge in [-0.25, -0.2) is 28.6 Å². The molecule has 0 bridgehead atoms. The van der Waals surface area contributed by atoms with Gasteiger partial charge < -0.3 is 19.9 Å². The van der Waals surface area contributed by atoms with Crippen LogP contribution in [0.3, 0.4) is 0 Å². The summed E-state index contributed by atoms with van der Waals surface area (Å²) in [7, 11) is -4.97. The lowest BCUT2D eigenvalue weighted by atomic mass is 10.1. The van der Waals surface area contributed by atoms with Crippen LogP contribution in [0.2, 0.25) is 0 Å². The van der Waals surface area contributed by atoms with Gasteiger partial charge in [0.05, 0.1) is 25.8 Å². The molecule has 2 aromatic carbocycles. The number of amides is 7. The summed E-state index contributed by atoms with van der Waals surface area (Å²) in [6, 6.07) is 17.1. The third kappa shape index (κ3) is 7.58. The van der Waals surface area contributed by atoms with E-state index in [0.29, 0.717) is 9.91 Å². The molecule has 4 N–H and O–H groups in total. The number of urea groups is 1. The van der Waals surface area contributed by atoms with E-state index in [2.05, 4.69) is 10.4 Å². The van der Waals surface area contributed by atoms with Crippen molar-refractivity contribution in [3.63, 3.8) is 0 Å². The minimum Gasteiger partial charge on any atom is -0.485 e. The zero-order chi connectivity index (χ0) is 34.4. The van der Waals surface area contributed by atoms with E-state index in [4.69, 9.17) is 14.6 Å². The SMILES string of the molecule is O=C(O)N[C@H]1CN(C(=O)NS(=O)(=O)N2CCN(NC(=O)c3cc(OCc4ccccc4)c(OCc4ccccc4)cn3)C(=O)C2=O)C1=O. The van der Waals surface area contributed by atoms with Crippen LogP contribution in [0.1, 0.15) is 21.6 Å². The Labute approximate surface area is 272 Å². The molecule has 2 fully saturated rings. The van der Waals surface area contributed by atoms with Crippen molar-refractivity contribution in [1.29, 1.82) is 0 Å². The van der Waals surface area contributed by atoms with Gasteiger partial charge >= 0.3 is 34.1 Å². The van der Waals surface area contributed by atoms with E-state index in [-0.39, 0.29) is 34.7 Å². The number of carbonyl (C=O) groups excluding carboxylic acids is 5. The third-order valence-corrected chi connectivity index (χ3v) is 8.30. The van der Waals surface area contributed by atoms with E-state index in [1.165, 1.54) is 17.0 Å². The summed E-state index contributed by atoms with van der Waals surface area (Å²) in [5, 5.41) is 11.1. The summed E-state index contributed by atoms with van der Waals surface area (Å²) in [5.74, 6) is -4.60. The van der Waals surface area contributed by atoms with Gasteiger partial charge in [0.15, 0.2) is 11.5 Å². The molecule has 48 heavy (non-hydrogen) atoms. The lowest BCUT2D eigenvalue weighted by Gasteiger charge is -2.37. The number of piperazine rings is 1. The van der Waals surface area contributed by atoms with Crippen LogP contribution in [-0.4, -0.2) is 94.2 Å². The average molecular weight is 682 g/mol. The number of rotatable bonds is 11. The van der Waals surface area contributed by atoms with Gasteiger partial charge in [-0.3, -0.25) is 29.5 Å². The second-order valence-electron chi connectivity index (χ2n) is 10.2. The maximum atomic E-state index is 13.1. The molecule has 0 unspecified atom stereocenters. The van der Waals surface area contributed by atoms with Crippen LogP contribution in [0.15, 0.2) is 72.9 Å². The Bertz CT molecular complexity index is 1860. The Morgan fingerprint density at radius 1 is 0.875 bits per heavy atom. The van der Waals surface area contributed by atoms with Crippen molar-refractivity contribution in [2.75, 3.05) is 19.6 Å². The first-order valence-corrected chi connectivity index (χ1v) is 15.5. The van der Waals surface area contributed by atoms with E-state index in [0.717, 1.165) is 11.1 Å². The van der Waals surface area contributed by atoms with Gasteiger partial charge in [0, 0.05) is 6.07 Å². The molecule has 2 aliphatic rings. The number of likely N-dealkylation sites (tertiary alicyclic amines) is 1. The fourth-order valence-electron chi connectivity index (χ4n) is 4.46. The molecule has 0 saturated carbocycles. The van der Waals surface area contributed by atoms with Crippen molar-refractivity contribution >= 4 is 46.0 Å². The summed E-state index contributed by atoms with van der Waals surface area (Å²) in [4.78, 5) is 78.0. The highest BCUT2D eigenvalue weighted by atomic mass is 32.2. The second kappa shape index (κ2) is 14.0. The van der Waals surface area contributed by atoms with Gasteiger partial charge in [-0.15, -0.1) is 0 Å². The molecule has 5 rings (SSSR count). The molecule has 7 amide bonds.